The van der Waals surface area contributed by atoms with E-state index >= 15 is 0 Å². The lowest BCUT2D eigenvalue weighted by Crippen LogP contribution is -2.29. The average molecular weight is 435 g/mol. The maximum Gasteiger partial charge on any atom is 0.418 e. The van der Waals surface area contributed by atoms with E-state index in [1.807, 2.05) is 0 Å². The molecule has 1 fully saturated rings. The molecule has 1 saturated carbocycles. The fourth-order valence-corrected chi connectivity index (χ4v) is 3.30. The Morgan fingerprint density at radius 1 is 1.00 bits per heavy atom. The molecule has 0 radical (unpaired) electrons. The summed E-state index contributed by atoms with van der Waals surface area (Å²) in [4.78, 5) is 23.4. The highest BCUT2D eigenvalue weighted by atomic mass is 19.1. The van der Waals surface area contributed by atoms with Crippen LogP contribution in [0.5, 0.6) is 0 Å². The number of carbonyl (C=O) groups is 2. The second kappa shape index (κ2) is 12.6. The van der Waals surface area contributed by atoms with Gasteiger partial charge in [0.1, 0.15) is 18.2 Å². The standard InChI is InChI=1S/C20H21F2NO2.C3H6O3/c21-16-9-11-18(12-10-16)23(19-8-4-7-17(22)13-19)20(24)25-14-15-5-2-1-3-6-15;1-6-2-3(4)5/h4,7-13,15H,1-3,5-6,14H2;2H2,1H3,(H,4,5). The minimum atomic E-state index is -0.933. The lowest BCUT2D eigenvalue weighted by atomic mass is 9.90. The fraction of sp³-hybridized carbons (Fsp3) is 0.391. The third-order valence-electron chi connectivity index (χ3n) is 4.77. The van der Waals surface area contributed by atoms with Crippen molar-refractivity contribution in [3.63, 3.8) is 0 Å². The number of carboxylic acid groups (broad SMARTS) is 1. The van der Waals surface area contributed by atoms with Gasteiger partial charge in [-0.05, 0) is 61.2 Å². The highest BCUT2D eigenvalue weighted by Gasteiger charge is 2.22. The van der Waals surface area contributed by atoms with Crippen LogP contribution in [0.1, 0.15) is 32.1 Å². The molecule has 3 rings (SSSR count). The van der Waals surface area contributed by atoms with Crippen LogP contribution < -0.4 is 4.90 Å². The first-order chi connectivity index (χ1) is 14.9. The smallest absolute Gasteiger partial charge is 0.418 e. The number of aliphatic carboxylic acids is 1. The van der Waals surface area contributed by atoms with Gasteiger partial charge in [-0.2, -0.15) is 0 Å². The van der Waals surface area contributed by atoms with E-state index in [0.29, 0.717) is 23.9 Å². The number of nitrogens with zero attached hydrogens (tertiary/aromatic N) is 1. The lowest BCUT2D eigenvalue weighted by molar-refractivity contribution is -0.141. The molecule has 0 bridgehead atoms. The van der Waals surface area contributed by atoms with Gasteiger partial charge in [0.15, 0.2) is 0 Å². The molecular formula is C23H27F2NO5. The molecule has 1 amide bonds. The van der Waals surface area contributed by atoms with E-state index in [4.69, 9.17) is 9.84 Å². The van der Waals surface area contributed by atoms with Crippen LogP contribution in [0.4, 0.5) is 25.0 Å². The Labute approximate surface area is 180 Å². The minimum Gasteiger partial charge on any atom is -0.480 e. The topological polar surface area (TPSA) is 76.1 Å². The van der Waals surface area contributed by atoms with Gasteiger partial charge in [-0.3, -0.25) is 0 Å². The predicted molar refractivity (Wildman–Crippen MR) is 112 cm³/mol. The van der Waals surface area contributed by atoms with E-state index < -0.39 is 23.7 Å². The molecule has 8 heteroatoms. The summed E-state index contributed by atoms with van der Waals surface area (Å²) in [6.45, 7) is 0.145. The van der Waals surface area contributed by atoms with Gasteiger partial charge >= 0.3 is 12.1 Å². The summed E-state index contributed by atoms with van der Waals surface area (Å²) in [5.74, 6) is -1.42. The SMILES string of the molecule is COCC(=O)O.O=C(OCC1CCCCC1)N(c1ccc(F)cc1)c1cccc(F)c1. The molecule has 1 N–H and O–H groups in total. The van der Waals surface area contributed by atoms with Crippen molar-refractivity contribution < 1.29 is 33.0 Å². The van der Waals surface area contributed by atoms with Crippen LogP contribution in [0.3, 0.4) is 0 Å². The van der Waals surface area contributed by atoms with Crippen molar-refractivity contribution in [1.82, 2.24) is 0 Å². The zero-order chi connectivity index (χ0) is 22.6. The number of hydrogen-bond donors (Lipinski definition) is 1. The highest BCUT2D eigenvalue weighted by molar-refractivity contribution is 5.95. The van der Waals surface area contributed by atoms with Crippen molar-refractivity contribution in [1.29, 1.82) is 0 Å². The number of halogens is 2. The van der Waals surface area contributed by atoms with Crippen LogP contribution >= 0.6 is 0 Å². The molecular weight excluding hydrogens is 408 g/mol. The fourth-order valence-electron chi connectivity index (χ4n) is 3.30. The van der Waals surface area contributed by atoms with Crippen molar-refractivity contribution in [2.75, 3.05) is 25.2 Å². The van der Waals surface area contributed by atoms with Crippen LogP contribution in [0, 0.1) is 17.6 Å². The normalized spacial score (nSPS) is 13.6. The zero-order valence-electron chi connectivity index (χ0n) is 17.4. The van der Waals surface area contributed by atoms with Crippen LogP contribution in [0.2, 0.25) is 0 Å². The number of hydrogen-bond acceptors (Lipinski definition) is 4. The summed E-state index contributed by atoms with van der Waals surface area (Å²) >= 11 is 0. The summed E-state index contributed by atoms with van der Waals surface area (Å²) in [6.07, 6.45) is 5.09. The second-order valence-electron chi connectivity index (χ2n) is 7.20. The van der Waals surface area contributed by atoms with E-state index in [0.717, 1.165) is 25.7 Å². The van der Waals surface area contributed by atoms with Crippen LogP contribution in [0.25, 0.3) is 0 Å². The monoisotopic (exact) mass is 435 g/mol. The predicted octanol–water partition coefficient (Wildman–Crippen LogP) is 5.54. The lowest BCUT2D eigenvalue weighted by Gasteiger charge is -2.25. The summed E-state index contributed by atoms with van der Waals surface area (Å²) < 4.78 is 36.5. The molecule has 31 heavy (non-hydrogen) atoms. The first-order valence-electron chi connectivity index (χ1n) is 10.1. The van der Waals surface area contributed by atoms with Gasteiger partial charge in [0.05, 0.1) is 18.0 Å². The van der Waals surface area contributed by atoms with Crippen molar-refractivity contribution in [3.8, 4) is 0 Å². The van der Waals surface area contributed by atoms with Crippen LogP contribution in [0.15, 0.2) is 48.5 Å². The first-order valence-corrected chi connectivity index (χ1v) is 10.1. The molecule has 1 aliphatic rings. The largest absolute Gasteiger partial charge is 0.480 e. The number of rotatable bonds is 6. The molecule has 168 valence electrons. The summed E-state index contributed by atoms with van der Waals surface area (Å²) in [5, 5.41) is 7.79. The van der Waals surface area contributed by atoms with E-state index in [-0.39, 0.29) is 6.61 Å². The number of carbonyl (C=O) groups excluding carboxylic acids is 1. The van der Waals surface area contributed by atoms with Gasteiger partial charge in [-0.15, -0.1) is 0 Å². The van der Waals surface area contributed by atoms with Gasteiger partial charge in [0.25, 0.3) is 0 Å². The van der Waals surface area contributed by atoms with E-state index in [2.05, 4.69) is 4.74 Å². The van der Waals surface area contributed by atoms with E-state index in [9.17, 15) is 18.4 Å². The molecule has 0 unspecified atom stereocenters. The Morgan fingerprint density at radius 3 is 2.23 bits per heavy atom. The number of ether oxygens (including phenoxy) is 2. The van der Waals surface area contributed by atoms with Crippen LogP contribution in [-0.2, 0) is 14.3 Å². The third-order valence-corrected chi connectivity index (χ3v) is 4.77. The number of amides is 1. The molecule has 0 spiro atoms. The molecule has 1 aliphatic carbocycles. The molecule has 0 atom stereocenters. The number of carboxylic acids is 1. The van der Waals surface area contributed by atoms with Crippen molar-refractivity contribution in [3.05, 3.63) is 60.2 Å². The van der Waals surface area contributed by atoms with E-state index in [1.54, 1.807) is 6.07 Å². The molecule has 0 aliphatic heterocycles. The summed E-state index contributed by atoms with van der Waals surface area (Å²) in [7, 11) is 1.34. The first kappa shape index (κ1) is 24.3. The van der Waals surface area contributed by atoms with Crippen LogP contribution in [-0.4, -0.2) is 37.5 Å². The Kier molecular flexibility index (Phi) is 9.90. The summed E-state index contributed by atoms with van der Waals surface area (Å²) in [5.41, 5.74) is 0.779. The molecule has 2 aromatic carbocycles. The highest BCUT2D eigenvalue weighted by Crippen LogP contribution is 2.28. The maximum atomic E-state index is 13.6. The summed E-state index contributed by atoms with van der Waals surface area (Å²) in [6, 6.07) is 11.2. The van der Waals surface area contributed by atoms with Crippen molar-refractivity contribution in [2.24, 2.45) is 5.92 Å². The number of methoxy groups -OCH3 is 1. The van der Waals surface area contributed by atoms with Gasteiger partial charge in [0.2, 0.25) is 0 Å². The van der Waals surface area contributed by atoms with Crippen molar-refractivity contribution >= 4 is 23.4 Å². The Hall–Kier alpha value is -3.00. The quantitative estimate of drug-likeness (QED) is 0.645. The van der Waals surface area contributed by atoms with Gasteiger partial charge < -0.3 is 14.6 Å². The molecule has 6 nitrogen and oxygen atoms in total. The second-order valence-corrected chi connectivity index (χ2v) is 7.20. The Balaban J connectivity index is 0.000000501. The molecule has 0 aromatic heterocycles. The maximum absolute atomic E-state index is 13.6. The van der Waals surface area contributed by atoms with Crippen molar-refractivity contribution in [2.45, 2.75) is 32.1 Å². The van der Waals surface area contributed by atoms with E-state index in [1.165, 1.54) is 60.9 Å². The molecule has 0 heterocycles. The van der Waals surface area contributed by atoms with Gasteiger partial charge in [-0.25, -0.2) is 23.3 Å². The number of anilines is 2. The van der Waals surface area contributed by atoms with Gasteiger partial charge in [0, 0.05) is 7.11 Å². The third kappa shape index (κ3) is 8.33. The number of benzene rings is 2. The Morgan fingerprint density at radius 2 is 1.68 bits per heavy atom. The minimum absolute atomic E-state index is 0.208. The van der Waals surface area contributed by atoms with Gasteiger partial charge in [-0.1, -0.05) is 25.3 Å². The zero-order valence-corrected chi connectivity index (χ0v) is 17.4. The molecule has 0 saturated heterocycles. The Bertz CT molecular complexity index is 838. The average Bonchev–Trinajstić information content (AvgIpc) is 2.75. The molecule has 2 aromatic rings.